The SMILES string of the molecule is CC(=O)c1ccc(Cl)c(-c2ccc3[nH]nc(NC=O)c3c2)c1. The largest absolute Gasteiger partial charge is 0.311 e. The molecule has 0 spiro atoms. The number of Topliss-reactive ketones (excluding diaryl/α,β-unsaturated/α-hetero) is 1. The molecule has 0 unspecified atom stereocenters. The van der Waals surface area contributed by atoms with Crippen LogP contribution < -0.4 is 5.32 Å². The number of rotatable bonds is 4. The molecule has 1 heterocycles. The van der Waals surface area contributed by atoms with E-state index in [9.17, 15) is 9.59 Å². The molecule has 5 nitrogen and oxygen atoms in total. The van der Waals surface area contributed by atoms with Crippen LogP contribution in [0.15, 0.2) is 36.4 Å². The van der Waals surface area contributed by atoms with Gasteiger partial charge in [-0.3, -0.25) is 14.7 Å². The molecule has 0 saturated heterocycles. The van der Waals surface area contributed by atoms with Gasteiger partial charge < -0.3 is 5.32 Å². The predicted molar refractivity (Wildman–Crippen MR) is 86.2 cm³/mol. The van der Waals surface area contributed by atoms with Crippen molar-refractivity contribution in [1.82, 2.24) is 10.2 Å². The average Bonchev–Trinajstić information content (AvgIpc) is 2.90. The molecular formula is C16H12ClN3O2. The van der Waals surface area contributed by atoms with Crippen molar-refractivity contribution in [2.45, 2.75) is 6.92 Å². The third-order valence-corrected chi connectivity index (χ3v) is 3.77. The molecule has 0 fully saturated rings. The van der Waals surface area contributed by atoms with Crippen LogP contribution in [0.5, 0.6) is 0 Å². The summed E-state index contributed by atoms with van der Waals surface area (Å²) < 4.78 is 0. The first-order valence-corrected chi connectivity index (χ1v) is 6.97. The summed E-state index contributed by atoms with van der Waals surface area (Å²) in [5.41, 5.74) is 3.00. The highest BCUT2D eigenvalue weighted by Gasteiger charge is 2.11. The summed E-state index contributed by atoms with van der Waals surface area (Å²) in [6.07, 6.45) is 0.575. The summed E-state index contributed by atoms with van der Waals surface area (Å²) in [4.78, 5) is 22.2. The van der Waals surface area contributed by atoms with Crippen molar-refractivity contribution in [3.63, 3.8) is 0 Å². The molecule has 2 aromatic carbocycles. The zero-order valence-corrected chi connectivity index (χ0v) is 12.4. The smallest absolute Gasteiger partial charge is 0.212 e. The number of H-pyrrole nitrogens is 1. The highest BCUT2D eigenvalue weighted by Crippen LogP contribution is 2.32. The molecule has 0 bridgehead atoms. The first kappa shape index (κ1) is 14.3. The summed E-state index contributed by atoms with van der Waals surface area (Å²) in [5, 5.41) is 10.7. The molecule has 110 valence electrons. The highest BCUT2D eigenvalue weighted by molar-refractivity contribution is 6.33. The van der Waals surface area contributed by atoms with Crippen molar-refractivity contribution in [2.75, 3.05) is 5.32 Å². The van der Waals surface area contributed by atoms with Gasteiger partial charge in [0.05, 0.1) is 5.52 Å². The zero-order valence-electron chi connectivity index (χ0n) is 11.7. The van der Waals surface area contributed by atoms with Crippen LogP contribution >= 0.6 is 11.6 Å². The number of hydrogen-bond acceptors (Lipinski definition) is 3. The number of nitrogens with one attached hydrogen (secondary N) is 2. The van der Waals surface area contributed by atoms with Crippen molar-refractivity contribution >= 4 is 40.5 Å². The van der Waals surface area contributed by atoms with E-state index in [-0.39, 0.29) is 5.78 Å². The van der Waals surface area contributed by atoms with E-state index in [1.54, 1.807) is 18.2 Å². The van der Waals surface area contributed by atoms with Crippen LogP contribution in [0.3, 0.4) is 0 Å². The lowest BCUT2D eigenvalue weighted by Gasteiger charge is -2.07. The Hall–Kier alpha value is -2.66. The van der Waals surface area contributed by atoms with Gasteiger partial charge in [0.2, 0.25) is 6.41 Å². The number of carbonyl (C=O) groups is 2. The van der Waals surface area contributed by atoms with Crippen LogP contribution in [-0.4, -0.2) is 22.4 Å². The zero-order chi connectivity index (χ0) is 15.7. The minimum absolute atomic E-state index is 0.0226. The number of ketones is 1. The normalized spacial score (nSPS) is 10.6. The Kier molecular flexibility index (Phi) is 3.65. The fraction of sp³-hybridized carbons (Fsp3) is 0.0625. The van der Waals surface area contributed by atoms with E-state index in [1.807, 2.05) is 18.2 Å². The van der Waals surface area contributed by atoms with Crippen molar-refractivity contribution < 1.29 is 9.59 Å². The second-order valence-corrected chi connectivity index (χ2v) is 5.25. The second kappa shape index (κ2) is 5.61. The average molecular weight is 314 g/mol. The Morgan fingerprint density at radius 1 is 1.27 bits per heavy atom. The summed E-state index contributed by atoms with van der Waals surface area (Å²) in [6, 6.07) is 10.8. The molecule has 22 heavy (non-hydrogen) atoms. The van der Waals surface area contributed by atoms with Crippen LogP contribution in [0.2, 0.25) is 5.02 Å². The third kappa shape index (κ3) is 2.46. The standard InChI is InChI=1S/C16H12ClN3O2/c1-9(22)10-2-4-14(17)12(6-10)11-3-5-15-13(7-11)16(18-8-21)20-19-15/h2-8H,1H3,(H2,18,19,20,21). The molecule has 3 rings (SSSR count). The van der Waals surface area contributed by atoms with E-state index in [2.05, 4.69) is 15.5 Å². The van der Waals surface area contributed by atoms with Crippen LogP contribution in [0.4, 0.5) is 5.82 Å². The summed E-state index contributed by atoms with van der Waals surface area (Å²) in [7, 11) is 0. The van der Waals surface area contributed by atoms with Crippen LogP contribution in [0.1, 0.15) is 17.3 Å². The molecular weight excluding hydrogens is 302 g/mol. The topological polar surface area (TPSA) is 74.8 Å². The fourth-order valence-electron chi connectivity index (χ4n) is 2.31. The summed E-state index contributed by atoms with van der Waals surface area (Å²) in [5.74, 6) is 0.427. The van der Waals surface area contributed by atoms with Gasteiger partial charge in [0.1, 0.15) is 0 Å². The lowest BCUT2D eigenvalue weighted by molar-refractivity contribution is -0.105. The maximum Gasteiger partial charge on any atom is 0.212 e. The van der Waals surface area contributed by atoms with Gasteiger partial charge in [-0.2, -0.15) is 5.10 Å². The van der Waals surface area contributed by atoms with Gasteiger partial charge in [-0.05, 0) is 42.8 Å². The monoisotopic (exact) mass is 313 g/mol. The first-order chi connectivity index (χ1) is 10.6. The fourth-order valence-corrected chi connectivity index (χ4v) is 2.54. The van der Waals surface area contributed by atoms with Crippen molar-refractivity contribution in [2.24, 2.45) is 0 Å². The van der Waals surface area contributed by atoms with Gasteiger partial charge in [0, 0.05) is 21.5 Å². The molecule has 3 aromatic rings. The lowest BCUT2D eigenvalue weighted by Crippen LogP contribution is -1.94. The number of aromatic nitrogens is 2. The Bertz CT molecular complexity index is 886. The number of nitrogens with zero attached hydrogens (tertiary/aromatic N) is 1. The van der Waals surface area contributed by atoms with Gasteiger partial charge >= 0.3 is 0 Å². The maximum atomic E-state index is 11.5. The number of anilines is 1. The summed E-state index contributed by atoms with van der Waals surface area (Å²) >= 11 is 6.25. The highest BCUT2D eigenvalue weighted by atomic mass is 35.5. The van der Waals surface area contributed by atoms with Crippen molar-refractivity contribution in [3.8, 4) is 11.1 Å². The number of carbonyl (C=O) groups excluding carboxylic acids is 2. The second-order valence-electron chi connectivity index (χ2n) is 4.85. The number of amides is 1. The molecule has 0 aliphatic heterocycles. The first-order valence-electron chi connectivity index (χ1n) is 6.59. The van der Waals surface area contributed by atoms with Gasteiger partial charge in [-0.25, -0.2) is 0 Å². The number of hydrogen-bond donors (Lipinski definition) is 2. The van der Waals surface area contributed by atoms with Gasteiger partial charge in [-0.15, -0.1) is 0 Å². The van der Waals surface area contributed by atoms with E-state index < -0.39 is 0 Å². The molecule has 1 amide bonds. The van der Waals surface area contributed by atoms with E-state index in [0.29, 0.717) is 22.8 Å². The van der Waals surface area contributed by atoms with Crippen LogP contribution in [-0.2, 0) is 4.79 Å². The number of halogens is 1. The number of fused-ring (bicyclic) bond motifs is 1. The van der Waals surface area contributed by atoms with E-state index in [4.69, 9.17) is 11.6 Å². The Morgan fingerprint density at radius 2 is 2.09 bits per heavy atom. The van der Waals surface area contributed by atoms with Crippen molar-refractivity contribution in [3.05, 3.63) is 47.0 Å². The van der Waals surface area contributed by atoms with Crippen LogP contribution in [0.25, 0.3) is 22.0 Å². The Balaban J connectivity index is 2.17. The molecule has 0 aliphatic carbocycles. The Labute approximate surface area is 131 Å². The molecule has 1 aromatic heterocycles. The third-order valence-electron chi connectivity index (χ3n) is 3.44. The molecule has 2 N–H and O–H groups in total. The summed E-state index contributed by atoms with van der Waals surface area (Å²) in [6.45, 7) is 1.51. The minimum atomic E-state index is -0.0226. The van der Waals surface area contributed by atoms with Gasteiger partial charge in [0.15, 0.2) is 11.6 Å². The lowest BCUT2D eigenvalue weighted by atomic mass is 10.0. The molecule has 0 atom stereocenters. The Morgan fingerprint density at radius 3 is 2.82 bits per heavy atom. The van der Waals surface area contributed by atoms with Gasteiger partial charge in [0.25, 0.3) is 0 Å². The molecule has 6 heteroatoms. The van der Waals surface area contributed by atoms with Crippen LogP contribution in [0, 0.1) is 0 Å². The number of benzene rings is 2. The van der Waals surface area contributed by atoms with E-state index in [0.717, 1.165) is 22.0 Å². The molecule has 0 aliphatic rings. The minimum Gasteiger partial charge on any atom is -0.311 e. The number of aromatic amines is 1. The van der Waals surface area contributed by atoms with E-state index in [1.165, 1.54) is 6.92 Å². The van der Waals surface area contributed by atoms with Gasteiger partial charge in [-0.1, -0.05) is 17.7 Å². The quantitative estimate of drug-likeness (QED) is 0.570. The molecule has 0 saturated carbocycles. The maximum absolute atomic E-state index is 11.5. The van der Waals surface area contributed by atoms with E-state index >= 15 is 0 Å². The van der Waals surface area contributed by atoms with Crippen molar-refractivity contribution in [1.29, 1.82) is 0 Å². The predicted octanol–water partition coefficient (Wildman–Crippen LogP) is 3.65. The molecule has 0 radical (unpaired) electrons.